The first kappa shape index (κ1) is 20.0. The Morgan fingerprint density at radius 1 is 0.931 bits per heavy atom. The number of rotatable bonds is 5. The van der Waals surface area contributed by atoms with Crippen molar-refractivity contribution < 1.29 is 13.2 Å². The molecule has 29 heavy (non-hydrogen) atoms. The van der Waals surface area contributed by atoms with Crippen molar-refractivity contribution in [2.24, 2.45) is 0 Å². The summed E-state index contributed by atoms with van der Waals surface area (Å²) in [6.07, 6.45) is -2.28. The number of hydrogen-bond donors (Lipinski definition) is 2. The number of nitrogens with zero attached hydrogens (tertiary/aromatic N) is 2. The lowest BCUT2D eigenvalue weighted by Gasteiger charge is -2.36. The minimum atomic E-state index is -4.30. The fourth-order valence-corrected chi connectivity index (χ4v) is 4.07. The molecule has 154 valence electrons. The number of piperazine rings is 1. The van der Waals surface area contributed by atoms with Crippen molar-refractivity contribution in [3.8, 4) is 0 Å². The maximum atomic E-state index is 12.9. The van der Waals surface area contributed by atoms with E-state index in [0.717, 1.165) is 62.7 Å². The molecule has 0 aliphatic carbocycles. The highest BCUT2D eigenvalue weighted by Crippen LogP contribution is 2.31. The van der Waals surface area contributed by atoms with Crippen LogP contribution in [0.3, 0.4) is 0 Å². The monoisotopic (exact) mass is 420 g/mol. The van der Waals surface area contributed by atoms with E-state index in [1.807, 2.05) is 11.0 Å². The van der Waals surface area contributed by atoms with Crippen LogP contribution in [0.2, 0.25) is 0 Å². The molecule has 0 radical (unpaired) electrons. The van der Waals surface area contributed by atoms with E-state index < -0.39 is 11.7 Å². The summed E-state index contributed by atoms with van der Waals surface area (Å²) in [5.74, 6) is 0. The Bertz CT molecular complexity index is 1030. The molecule has 2 N–H and O–H groups in total. The predicted molar refractivity (Wildman–Crippen MR) is 112 cm³/mol. The molecule has 0 saturated carbocycles. The van der Waals surface area contributed by atoms with Crippen LogP contribution in [0, 0.1) is 4.77 Å². The van der Waals surface area contributed by atoms with Gasteiger partial charge >= 0.3 is 6.18 Å². The fourth-order valence-electron chi connectivity index (χ4n) is 3.85. The van der Waals surface area contributed by atoms with Gasteiger partial charge in [0.2, 0.25) is 0 Å². The Morgan fingerprint density at radius 2 is 1.69 bits per heavy atom. The van der Waals surface area contributed by atoms with E-state index in [4.69, 9.17) is 12.2 Å². The molecule has 4 nitrogen and oxygen atoms in total. The number of aryl methyl sites for hydroxylation is 1. The standard InChI is InChI=1S/C21H23F3N4S/c22-21(23,24)16-4-1-5-17(14-16)28-11-9-27(10-12-28)8-2-3-15-6-7-18-19(13-15)26-20(29)25-18/h1,4-7,13-14H,2-3,8-12H2,(H2,25,26,29). The van der Waals surface area contributed by atoms with Crippen LogP contribution in [0.5, 0.6) is 0 Å². The highest BCUT2D eigenvalue weighted by Gasteiger charge is 2.31. The maximum absolute atomic E-state index is 12.9. The summed E-state index contributed by atoms with van der Waals surface area (Å²) in [7, 11) is 0. The van der Waals surface area contributed by atoms with Crippen molar-refractivity contribution >= 4 is 28.9 Å². The molecule has 8 heteroatoms. The van der Waals surface area contributed by atoms with Crippen LogP contribution in [-0.2, 0) is 12.6 Å². The molecular formula is C21H23F3N4S. The number of halogens is 3. The topological polar surface area (TPSA) is 38.1 Å². The molecule has 1 aliphatic heterocycles. The fraction of sp³-hybridized carbons (Fsp3) is 0.381. The molecule has 2 heterocycles. The number of H-pyrrole nitrogens is 2. The third-order valence-electron chi connectivity index (χ3n) is 5.43. The summed E-state index contributed by atoms with van der Waals surface area (Å²) in [5, 5.41) is 0. The molecule has 4 rings (SSSR count). The van der Waals surface area contributed by atoms with E-state index >= 15 is 0 Å². The van der Waals surface area contributed by atoms with Gasteiger partial charge in [-0.3, -0.25) is 4.90 Å². The molecule has 1 aliphatic rings. The van der Waals surface area contributed by atoms with Gasteiger partial charge in [-0.25, -0.2) is 0 Å². The van der Waals surface area contributed by atoms with Crippen LogP contribution in [0.4, 0.5) is 18.9 Å². The summed E-state index contributed by atoms with van der Waals surface area (Å²) in [5.41, 5.74) is 3.38. The Balaban J connectivity index is 1.27. The Morgan fingerprint density at radius 3 is 2.45 bits per heavy atom. The normalized spacial score (nSPS) is 15.9. The molecule has 1 aromatic heterocycles. The SMILES string of the molecule is FC(F)(F)c1cccc(N2CCN(CCCc3ccc4[nH]c(=S)[nH]c4c3)CC2)c1. The summed E-state index contributed by atoms with van der Waals surface area (Å²) in [4.78, 5) is 10.7. The molecule has 0 amide bonds. The number of aromatic nitrogens is 2. The Kier molecular flexibility index (Phi) is 5.65. The Hall–Kier alpha value is -2.32. The minimum Gasteiger partial charge on any atom is -0.369 e. The molecule has 2 aromatic carbocycles. The first-order valence-corrected chi connectivity index (χ1v) is 10.1. The molecular weight excluding hydrogens is 397 g/mol. The summed E-state index contributed by atoms with van der Waals surface area (Å²) < 4.78 is 39.4. The number of alkyl halides is 3. The van der Waals surface area contributed by atoms with E-state index in [1.54, 1.807) is 6.07 Å². The van der Waals surface area contributed by atoms with Crippen molar-refractivity contribution in [2.45, 2.75) is 19.0 Å². The van der Waals surface area contributed by atoms with E-state index in [0.29, 0.717) is 10.5 Å². The van der Waals surface area contributed by atoms with Gasteiger partial charge in [-0.1, -0.05) is 12.1 Å². The molecule has 0 bridgehead atoms. The lowest BCUT2D eigenvalue weighted by molar-refractivity contribution is -0.137. The largest absolute Gasteiger partial charge is 0.416 e. The number of benzene rings is 2. The van der Waals surface area contributed by atoms with Gasteiger partial charge in [-0.15, -0.1) is 0 Å². The average Bonchev–Trinajstić information content (AvgIpc) is 3.07. The van der Waals surface area contributed by atoms with Gasteiger partial charge in [-0.05, 0) is 67.5 Å². The van der Waals surface area contributed by atoms with Crippen molar-refractivity contribution in [1.29, 1.82) is 0 Å². The Labute approximate surface area is 172 Å². The lowest BCUT2D eigenvalue weighted by atomic mass is 10.1. The van der Waals surface area contributed by atoms with E-state index in [1.165, 1.54) is 17.7 Å². The third-order valence-corrected chi connectivity index (χ3v) is 5.64. The smallest absolute Gasteiger partial charge is 0.369 e. The lowest BCUT2D eigenvalue weighted by Crippen LogP contribution is -2.46. The zero-order chi connectivity index (χ0) is 20.4. The van der Waals surface area contributed by atoms with Crippen molar-refractivity contribution in [1.82, 2.24) is 14.9 Å². The van der Waals surface area contributed by atoms with Gasteiger partial charge in [-0.2, -0.15) is 13.2 Å². The van der Waals surface area contributed by atoms with Gasteiger partial charge in [0.1, 0.15) is 0 Å². The highest BCUT2D eigenvalue weighted by atomic mass is 32.1. The average molecular weight is 421 g/mol. The molecule has 0 unspecified atom stereocenters. The first-order chi connectivity index (χ1) is 13.9. The van der Waals surface area contributed by atoms with Gasteiger partial charge in [0.15, 0.2) is 4.77 Å². The third kappa shape index (κ3) is 4.82. The van der Waals surface area contributed by atoms with Crippen LogP contribution in [0.1, 0.15) is 17.5 Å². The van der Waals surface area contributed by atoms with Gasteiger partial charge in [0, 0.05) is 31.9 Å². The summed E-state index contributed by atoms with van der Waals surface area (Å²) >= 11 is 5.12. The van der Waals surface area contributed by atoms with E-state index in [2.05, 4.69) is 27.0 Å². The maximum Gasteiger partial charge on any atom is 0.416 e. The second-order valence-corrected chi connectivity index (χ2v) is 7.85. The summed E-state index contributed by atoms with van der Waals surface area (Å²) in [6.45, 7) is 4.19. The number of fused-ring (bicyclic) bond motifs is 1. The van der Waals surface area contributed by atoms with E-state index in [9.17, 15) is 13.2 Å². The van der Waals surface area contributed by atoms with Gasteiger partial charge in [0.05, 0.1) is 16.6 Å². The molecule has 3 aromatic rings. The zero-order valence-electron chi connectivity index (χ0n) is 15.9. The minimum absolute atomic E-state index is 0.586. The van der Waals surface area contributed by atoms with Crippen LogP contribution in [0.25, 0.3) is 11.0 Å². The number of imidazole rings is 1. The van der Waals surface area contributed by atoms with Crippen LogP contribution >= 0.6 is 12.2 Å². The van der Waals surface area contributed by atoms with Crippen molar-refractivity contribution in [3.05, 3.63) is 58.4 Å². The molecule has 0 atom stereocenters. The number of hydrogen-bond acceptors (Lipinski definition) is 3. The number of aromatic amines is 2. The second-order valence-electron chi connectivity index (χ2n) is 7.44. The number of nitrogens with one attached hydrogen (secondary N) is 2. The van der Waals surface area contributed by atoms with Crippen LogP contribution < -0.4 is 4.90 Å². The highest BCUT2D eigenvalue weighted by molar-refractivity contribution is 7.71. The quantitative estimate of drug-likeness (QED) is 0.571. The van der Waals surface area contributed by atoms with Crippen LogP contribution in [-0.4, -0.2) is 47.6 Å². The molecule has 1 fully saturated rings. The van der Waals surface area contributed by atoms with Gasteiger partial charge < -0.3 is 14.9 Å². The second kappa shape index (κ2) is 8.20. The number of anilines is 1. The molecule has 0 spiro atoms. The van der Waals surface area contributed by atoms with Gasteiger partial charge in [0.25, 0.3) is 0 Å². The predicted octanol–water partition coefficient (Wildman–Crippen LogP) is 5.00. The molecule has 1 saturated heterocycles. The summed E-state index contributed by atoms with van der Waals surface area (Å²) in [6, 6.07) is 11.9. The van der Waals surface area contributed by atoms with E-state index in [-0.39, 0.29) is 0 Å². The first-order valence-electron chi connectivity index (χ1n) is 9.74. The zero-order valence-corrected chi connectivity index (χ0v) is 16.7. The van der Waals surface area contributed by atoms with Crippen LogP contribution in [0.15, 0.2) is 42.5 Å². The van der Waals surface area contributed by atoms with Crippen molar-refractivity contribution in [2.75, 3.05) is 37.6 Å². The van der Waals surface area contributed by atoms with Crippen molar-refractivity contribution in [3.63, 3.8) is 0 Å².